The second kappa shape index (κ2) is 9.87. The first kappa shape index (κ1) is 19.0. The second-order valence-corrected chi connectivity index (χ2v) is 5.32. The van der Waals surface area contributed by atoms with Gasteiger partial charge in [-0.05, 0) is 36.2 Å². The predicted octanol–water partition coefficient (Wildman–Crippen LogP) is 1.79. The van der Waals surface area contributed by atoms with Crippen LogP contribution in [0.1, 0.15) is 17.7 Å². The second-order valence-electron chi connectivity index (χ2n) is 5.32. The molecule has 0 saturated heterocycles. The van der Waals surface area contributed by atoms with E-state index in [-0.39, 0.29) is 13.0 Å². The molecule has 1 heterocycles. The van der Waals surface area contributed by atoms with Crippen LogP contribution in [0, 0.1) is 0 Å². The SMILES string of the molecule is COc1ccc(CCC(=O)OCC(=O)NC(=O)NCc2ccco2)cc1. The smallest absolute Gasteiger partial charge is 0.321 e. The van der Waals surface area contributed by atoms with Crippen molar-refractivity contribution >= 4 is 17.9 Å². The number of rotatable bonds is 8. The summed E-state index contributed by atoms with van der Waals surface area (Å²) in [6.45, 7) is -0.372. The maximum absolute atomic E-state index is 11.7. The number of urea groups is 1. The molecule has 2 rings (SSSR count). The zero-order chi connectivity index (χ0) is 18.8. The minimum atomic E-state index is -0.709. The molecule has 3 amide bonds. The molecule has 138 valence electrons. The number of furan rings is 1. The fourth-order valence-electron chi connectivity index (χ4n) is 2.04. The lowest BCUT2D eigenvalue weighted by Gasteiger charge is -2.07. The van der Waals surface area contributed by atoms with E-state index in [2.05, 4.69) is 10.6 Å². The van der Waals surface area contributed by atoms with Crippen molar-refractivity contribution < 1.29 is 28.3 Å². The predicted molar refractivity (Wildman–Crippen MR) is 91.4 cm³/mol. The summed E-state index contributed by atoms with van der Waals surface area (Å²) < 4.78 is 14.9. The Morgan fingerprint density at radius 1 is 1.12 bits per heavy atom. The Kier molecular flexibility index (Phi) is 7.23. The van der Waals surface area contributed by atoms with Crippen molar-refractivity contribution in [2.75, 3.05) is 13.7 Å². The van der Waals surface area contributed by atoms with Crippen LogP contribution in [0.5, 0.6) is 5.75 Å². The van der Waals surface area contributed by atoms with Crippen molar-refractivity contribution in [2.45, 2.75) is 19.4 Å². The molecule has 0 bridgehead atoms. The zero-order valence-corrected chi connectivity index (χ0v) is 14.3. The number of hydrogen-bond acceptors (Lipinski definition) is 6. The van der Waals surface area contributed by atoms with Crippen molar-refractivity contribution in [3.63, 3.8) is 0 Å². The fourth-order valence-corrected chi connectivity index (χ4v) is 2.04. The van der Waals surface area contributed by atoms with Crippen molar-refractivity contribution in [1.29, 1.82) is 0 Å². The highest BCUT2D eigenvalue weighted by atomic mass is 16.5. The van der Waals surface area contributed by atoms with Crippen LogP contribution in [0.25, 0.3) is 0 Å². The van der Waals surface area contributed by atoms with E-state index >= 15 is 0 Å². The lowest BCUT2D eigenvalue weighted by atomic mass is 10.1. The summed E-state index contributed by atoms with van der Waals surface area (Å²) in [6, 6.07) is 9.98. The number of carbonyl (C=O) groups is 3. The average Bonchev–Trinajstić information content (AvgIpc) is 3.17. The van der Waals surface area contributed by atoms with Crippen molar-refractivity contribution in [1.82, 2.24) is 10.6 Å². The van der Waals surface area contributed by atoms with Gasteiger partial charge in [0.1, 0.15) is 11.5 Å². The number of imide groups is 1. The summed E-state index contributed by atoms with van der Waals surface area (Å²) in [7, 11) is 1.58. The Hall–Kier alpha value is -3.29. The minimum absolute atomic E-state index is 0.129. The van der Waals surface area contributed by atoms with Gasteiger partial charge >= 0.3 is 12.0 Å². The highest BCUT2D eigenvalue weighted by Crippen LogP contribution is 2.12. The maximum Gasteiger partial charge on any atom is 0.321 e. The number of ether oxygens (including phenoxy) is 2. The third-order valence-electron chi connectivity index (χ3n) is 3.40. The number of aryl methyl sites for hydroxylation is 1. The van der Waals surface area contributed by atoms with Gasteiger partial charge in [-0.3, -0.25) is 14.9 Å². The van der Waals surface area contributed by atoms with E-state index in [1.165, 1.54) is 6.26 Å². The highest BCUT2D eigenvalue weighted by Gasteiger charge is 2.11. The van der Waals surface area contributed by atoms with Gasteiger partial charge in [0.15, 0.2) is 6.61 Å². The van der Waals surface area contributed by atoms with E-state index in [1.807, 2.05) is 12.1 Å². The van der Waals surface area contributed by atoms with Gasteiger partial charge in [0.25, 0.3) is 5.91 Å². The van der Waals surface area contributed by atoms with Gasteiger partial charge in [-0.15, -0.1) is 0 Å². The molecule has 0 aliphatic carbocycles. The molecule has 8 heteroatoms. The Labute approximate surface area is 150 Å². The first-order valence-electron chi connectivity index (χ1n) is 7.95. The first-order valence-corrected chi connectivity index (χ1v) is 7.95. The van der Waals surface area contributed by atoms with E-state index in [1.54, 1.807) is 31.4 Å². The summed E-state index contributed by atoms with van der Waals surface area (Å²) in [6.07, 6.45) is 2.09. The molecule has 0 aliphatic heterocycles. The van der Waals surface area contributed by atoms with E-state index < -0.39 is 24.5 Å². The Morgan fingerprint density at radius 3 is 2.54 bits per heavy atom. The number of amides is 3. The molecule has 0 aliphatic rings. The van der Waals surface area contributed by atoms with Gasteiger partial charge in [0, 0.05) is 6.42 Å². The number of methoxy groups -OCH3 is 1. The third-order valence-corrected chi connectivity index (χ3v) is 3.40. The van der Waals surface area contributed by atoms with Crippen LogP contribution < -0.4 is 15.4 Å². The van der Waals surface area contributed by atoms with Crippen molar-refractivity contribution in [3.05, 3.63) is 54.0 Å². The number of esters is 1. The fraction of sp³-hybridized carbons (Fsp3) is 0.278. The summed E-state index contributed by atoms with van der Waals surface area (Å²) in [4.78, 5) is 34.8. The maximum atomic E-state index is 11.7. The Morgan fingerprint density at radius 2 is 1.88 bits per heavy atom. The monoisotopic (exact) mass is 360 g/mol. The van der Waals surface area contributed by atoms with Gasteiger partial charge < -0.3 is 19.2 Å². The quantitative estimate of drug-likeness (QED) is 0.695. The molecule has 1 aromatic carbocycles. The van der Waals surface area contributed by atoms with Crippen molar-refractivity contribution in [3.8, 4) is 5.75 Å². The van der Waals surface area contributed by atoms with Crippen LogP contribution in [0.15, 0.2) is 47.1 Å². The van der Waals surface area contributed by atoms with Gasteiger partial charge in [-0.2, -0.15) is 0 Å². The van der Waals surface area contributed by atoms with Crippen molar-refractivity contribution in [2.24, 2.45) is 0 Å². The molecule has 1 aromatic heterocycles. The average molecular weight is 360 g/mol. The molecular weight excluding hydrogens is 340 g/mol. The highest BCUT2D eigenvalue weighted by molar-refractivity contribution is 5.95. The molecule has 0 atom stereocenters. The zero-order valence-electron chi connectivity index (χ0n) is 14.3. The molecular formula is C18H20N2O6. The van der Waals surface area contributed by atoms with E-state index in [9.17, 15) is 14.4 Å². The molecule has 0 unspecified atom stereocenters. The van der Waals surface area contributed by atoms with E-state index in [0.717, 1.165) is 11.3 Å². The number of benzene rings is 1. The standard InChI is InChI=1S/C18H20N2O6/c1-24-14-7-4-13(5-8-14)6-9-17(22)26-12-16(21)20-18(23)19-11-15-3-2-10-25-15/h2-5,7-8,10H,6,9,11-12H2,1H3,(H2,19,20,21,23). The van der Waals surface area contributed by atoms with Crippen LogP contribution >= 0.6 is 0 Å². The van der Waals surface area contributed by atoms with Crippen LogP contribution in [0.4, 0.5) is 4.79 Å². The summed E-state index contributed by atoms with van der Waals surface area (Å²) >= 11 is 0. The molecule has 0 radical (unpaired) electrons. The summed E-state index contributed by atoms with van der Waals surface area (Å²) in [5.74, 6) is 0.0579. The normalized spacial score (nSPS) is 10.0. The largest absolute Gasteiger partial charge is 0.497 e. The summed E-state index contributed by atoms with van der Waals surface area (Å²) in [5.41, 5.74) is 0.949. The summed E-state index contributed by atoms with van der Waals surface area (Å²) in [5, 5.41) is 4.51. The van der Waals surface area contributed by atoms with Crippen LogP contribution in [0.2, 0.25) is 0 Å². The van der Waals surface area contributed by atoms with Gasteiger partial charge in [-0.25, -0.2) is 4.79 Å². The molecule has 2 N–H and O–H groups in total. The molecule has 0 spiro atoms. The molecule has 2 aromatic rings. The lowest BCUT2D eigenvalue weighted by Crippen LogP contribution is -2.41. The van der Waals surface area contributed by atoms with Gasteiger partial charge in [0.05, 0.1) is 19.9 Å². The van der Waals surface area contributed by atoms with Crippen LogP contribution in [0.3, 0.4) is 0 Å². The molecule has 8 nitrogen and oxygen atoms in total. The van der Waals surface area contributed by atoms with E-state index in [4.69, 9.17) is 13.9 Å². The molecule has 26 heavy (non-hydrogen) atoms. The van der Waals surface area contributed by atoms with Crippen LogP contribution in [-0.2, 0) is 27.3 Å². The number of hydrogen-bond donors (Lipinski definition) is 2. The Balaban J connectivity index is 1.61. The van der Waals surface area contributed by atoms with Gasteiger partial charge in [0.2, 0.25) is 0 Å². The number of carbonyl (C=O) groups excluding carboxylic acids is 3. The number of nitrogens with one attached hydrogen (secondary N) is 2. The van der Waals surface area contributed by atoms with E-state index in [0.29, 0.717) is 12.2 Å². The first-order chi connectivity index (χ1) is 12.6. The van der Waals surface area contributed by atoms with Crippen LogP contribution in [-0.4, -0.2) is 31.6 Å². The molecule has 0 saturated carbocycles. The lowest BCUT2D eigenvalue weighted by molar-refractivity contribution is -0.148. The topological polar surface area (TPSA) is 107 Å². The molecule has 0 fully saturated rings. The minimum Gasteiger partial charge on any atom is -0.497 e. The van der Waals surface area contributed by atoms with Gasteiger partial charge in [-0.1, -0.05) is 12.1 Å². The third kappa shape index (κ3) is 6.68. The Bertz CT molecular complexity index is 725.